The van der Waals surface area contributed by atoms with Gasteiger partial charge in [0.1, 0.15) is 0 Å². The van der Waals surface area contributed by atoms with Crippen LogP contribution in [0.2, 0.25) is 0 Å². The van der Waals surface area contributed by atoms with Gasteiger partial charge in [0.15, 0.2) is 0 Å². The molecule has 24 valence electrons. The van der Waals surface area contributed by atoms with Crippen molar-refractivity contribution in [1.29, 1.82) is 0 Å². The van der Waals surface area contributed by atoms with Crippen molar-refractivity contribution in [2.24, 2.45) is 0 Å². The first kappa shape index (κ1) is 4.95. The number of rotatable bonds is 0. The Bertz CT molecular complexity index is 44.0. The van der Waals surface area contributed by atoms with Gasteiger partial charge in [-0.25, -0.2) is 0 Å². The molecule has 0 radical (unpaired) electrons. The summed E-state index contributed by atoms with van der Waals surface area (Å²) in [6, 6.07) is 0. The van der Waals surface area contributed by atoms with E-state index in [0.29, 0.717) is 0 Å². The summed E-state index contributed by atoms with van der Waals surface area (Å²) in [5.41, 5.74) is 0. The van der Waals surface area contributed by atoms with E-state index in [1.165, 1.54) is 0 Å². The summed E-state index contributed by atoms with van der Waals surface area (Å²) in [4.78, 5) is 0. The third-order valence-electron chi connectivity index (χ3n) is 0.0282. The Hall–Kier alpha value is 0.954. The van der Waals surface area contributed by atoms with Crippen LogP contribution in [0.5, 0.6) is 0 Å². The van der Waals surface area contributed by atoms with E-state index in [1.54, 1.807) is 0 Å². The fourth-order valence-corrected chi connectivity index (χ4v) is 0. The van der Waals surface area contributed by atoms with Crippen molar-refractivity contribution in [1.82, 2.24) is 0 Å². The maximum absolute atomic E-state index is 10.7. The first-order chi connectivity index (χ1) is 1.91. The quantitative estimate of drug-likeness (QED) is 0.462. The van der Waals surface area contributed by atoms with Crippen LogP contribution >= 0.6 is 0 Å². The van der Waals surface area contributed by atoms with Crippen LogP contribution < -0.4 is 0 Å². The van der Waals surface area contributed by atoms with Crippen molar-refractivity contribution in [3.63, 3.8) is 0 Å². The molecule has 4 heteroatoms. The van der Waals surface area contributed by atoms with Crippen molar-refractivity contribution in [2.75, 3.05) is 0 Å². The topological polar surface area (TPSA) is 0 Å². The van der Waals surface area contributed by atoms with Crippen LogP contribution in [0, 0.1) is 0 Å². The van der Waals surface area contributed by atoms with Crippen molar-refractivity contribution in [3.8, 4) is 0 Å². The second-order valence-corrected chi connectivity index (χ2v) is 3.62. The fraction of sp³-hybridized carbons (Fsp3) is 0. The van der Waals surface area contributed by atoms with Gasteiger partial charge in [-0.3, -0.25) is 0 Å². The van der Waals surface area contributed by atoms with Crippen molar-refractivity contribution in [3.05, 3.63) is 0 Å². The normalized spacial score (nSPS) is 5.25. The van der Waals surface area contributed by atoms with E-state index >= 15 is 0 Å². The van der Waals surface area contributed by atoms with Gasteiger partial charge in [-0.05, 0) is 0 Å². The number of halogens is 1. The molecule has 0 saturated carbocycles. The van der Waals surface area contributed by atoms with Gasteiger partial charge in [0.05, 0.1) is 0 Å². The molecule has 0 amide bonds. The van der Waals surface area contributed by atoms with E-state index in [4.69, 9.17) is 0 Å². The van der Waals surface area contributed by atoms with E-state index in [-0.39, 0.29) is 0 Å². The van der Waals surface area contributed by atoms with E-state index in [9.17, 15) is 3.41 Å². The molecule has 0 nitrogen and oxygen atoms in total. The standard InChI is InChI=1S/FH.S2.V/c;1-2;/h1H;;/q;;+1/p-1. The molecule has 0 atom stereocenters. The molecular weight excluding hydrogens is 134 g/mol. The zero-order valence-electron chi connectivity index (χ0n) is 1.64. The molecule has 0 N–H and O–H groups in total. The van der Waals surface area contributed by atoms with Gasteiger partial charge in [-0.2, -0.15) is 0 Å². The minimum absolute atomic E-state index is 0.867. The summed E-state index contributed by atoms with van der Waals surface area (Å²) in [7, 11) is 0.867. The Labute approximate surface area is 37.9 Å². The molecule has 0 aliphatic rings. The van der Waals surface area contributed by atoms with E-state index < -0.39 is 15.1 Å². The van der Waals surface area contributed by atoms with Crippen molar-refractivity contribution >= 4 is 19.2 Å². The minimum atomic E-state index is -1.05. The van der Waals surface area contributed by atoms with E-state index in [1.807, 2.05) is 0 Å². The average molecular weight is 134 g/mol. The molecule has 0 aromatic carbocycles. The number of hydrogen-bond donors (Lipinski definition) is 0. The molecule has 0 rings (SSSR count). The monoisotopic (exact) mass is 134 g/mol. The molecule has 0 fully saturated rings. The Balaban J connectivity index is 3.11. The van der Waals surface area contributed by atoms with Crippen molar-refractivity contribution in [2.45, 2.75) is 0 Å². The summed E-state index contributed by atoms with van der Waals surface area (Å²) in [6.45, 7) is 0. The molecule has 0 spiro atoms. The predicted molar refractivity (Wildman–Crippen MR) is 15.8 cm³/mol. The summed E-state index contributed by atoms with van der Waals surface area (Å²) in [5.74, 6) is 0. The zero-order chi connectivity index (χ0) is 3.41. The third kappa shape index (κ3) is 2.95. The Kier molecular flexibility index (Phi) is 4.90. The van der Waals surface area contributed by atoms with Crippen molar-refractivity contribution < 1.29 is 18.5 Å². The Morgan fingerprint density at radius 1 is 2.00 bits per heavy atom. The second kappa shape index (κ2) is 3.95. The first-order valence-electron chi connectivity index (χ1n) is 0.518. The van der Waals surface area contributed by atoms with Crippen LogP contribution in [0.1, 0.15) is 0 Å². The van der Waals surface area contributed by atoms with Gasteiger partial charge in [0, 0.05) is 0 Å². The molecule has 0 saturated heterocycles. The molecule has 0 bridgehead atoms. The van der Waals surface area contributed by atoms with Crippen LogP contribution in [0.4, 0.5) is 3.41 Å². The molecule has 4 heavy (non-hydrogen) atoms. The zero-order valence-corrected chi connectivity index (χ0v) is 4.67. The number of hydrogen-bond acceptors (Lipinski definition) is 1. The van der Waals surface area contributed by atoms with Gasteiger partial charge >= 0.3 is 37.6 Å². The average Bonchev–Trinajstić information content (AvgIpc) is 1.37. The summed E-state index contributed by atoms with van der Waals surface area (Å²) < 4.78 is 10.7. The van der Waals surface area contributed by atoms with Gasteiger partial charge in [0.2, 0.25) is 0 Å². The fourth-order valence-electron chi connectivity index (χ4n) is 0. The maximum atomic E-state index is 10.7. The van der Waals surface area contributed by atoms with Crippen LogP contribution in [0.25, 0.3) is 0 Å². The second-order valence-electron chi connectivity index (χ2n) is 0.144. The Morgan fingerprint density at radius 3 is 2.25 bits per heavy atom. The molecule has 0 aromatic heterocycles. The first-order valence-corrected chi connectivity index (χ1v) is 4.46. The van der Waals surface area contributed by atoms with E-state index in [0.717, 1.165) is 7.98 Å². The summed E-state index contributed by atoms with van der Waals surface area (Å²) >= 11 is 3.08. The summed E-state index contributed by atoms with van der Waals surface area (Å²) in [5, 5.41) is 0. The third-order valence-corrected chi connectivity index (χ3v) is 1.05. The molecule has 0 aromatic rings. The van der Waals surface area contributed by atoms with Crippen LogP contribution in [-0.2, 0) is 34.2 Å². The van der Waals surface area contributed by atoms with Gasteiger partial charge in [0.25, 0.3) is 0 Å². The molecule has 0 heterocycles. The van der Waals surface area contributed by atoms with Gasteiger partial charge in [-0.1, -0.05) is 0 Å². The van der Waals surface area contributed by atoms with Gasteiger partial charge in [-0.15, -0.1) is 0 Å². The van der Waals surface area contributed by atoms with Crippen LogP contribution in [-0.4, -0.2) is 0 Å². The summed E-state index contributed by atoms with van der Waals surface area (Å²) in [6.07, 6.45) is 0. The molecular formula is FS2V. The molecule has 0 aliphatic carbocycles. The molecule has 0 aliphatic heterocycles. The van der Waals surface area contributed by atoms with E-state index in [2.05, 4.69) is 11.2 Å². The van der Waals surface area contributed by atoms with Crippen LogP contribution in [0.15, 0.2) is 0 Å². The molecule has 0 unspecified atom stereocenters. The SMILES string of the molecule is [F][V]=[S]=S. The van der Waals surface area contributed by atoms with Gasteiger partial charge < -0.3 is 0 Å². The van der Waals surface area contributed by atoms with Crippen LogP contribution in [0.3, 0.4) is 0 Å². The predicted octanol–water partition coefficient (Wildman–Crippen LogP) is 0.413. The Morgan fingerprint density at radius 2 is 2.25 bits per heavy atom.